The third kappa shape index (κ3) is 4.34. The van der Waals surface area contributed by atoms with Crippen LogP contribution in [0.1, 0.15) is 23.7 Å². The lowest BCUT2D eigenvalue weighted by molar-refractivity contribution is 1.05. The van der Waals surface area contributed by atoms with Gasteiger partial charge in [-0.1, -0.05) is 91.5 Å². The Kier molecular flexibility index (Phi) is 6.39. The number of allylic oxidation sites excluding steroid dienone is 5. The van der Waals surface area contributed by atoms with E-state index in [0.29, 0.717) is 0 Å². The molecule has 0 aliphatic heterocycles. The lowest BCUT2D eigenvalue weighted by Crippen LogP contribution is -2.02. The van der Waals surface area contributed by atoms with Crippen LogP contribution in [0.15, 0.2) is 116 Å². The second-order valence-electron chi connectivity index (χ2n) is 8.75. The molecule has 0 saturated carbocycles. The fourth-order valence-electron chi connectivity index (χ4n) is 4.65. The lowest BCUT2D eigenvalue weighted by Gasteiger charge is -2.15. The number of rotatable bonds is 6. The van der Waals surface area contributed by atoms with Crippen molar-refractivity contribution in [1.29, 1.82) is 0 Å². The molecule has 0 amide bonds. The molecule has 35 heavy (non-hydrogen) atoms. The van der Waals surface area contributed by atoms with Crippen molar-refractivity contribution in [3.05, 3.63) is 133 Å². The SMILES string of the molecule is C=C(/C=C\C=C/C)c1c(C)c(C)c(-c2ccc(-c3cc4ccccc4s3)cc2)n1-c1ccccc1. The van der Waals surface area contributed by atoms with Gasteiger partial charge in [-0.25, -0.2) is 0 Å². The number of fused-ring (bicyclic) bond motifs is 1. The zero-order valence-corrected chi connectivity index (χ0v) is 21.3. The highest BCUT2D eigenvalue weighted by molar-refractivity contribution is 7.22. The first-order valence-corrected chi connectivity index (χ1v) is 12.8. The minimum absolute atomic E-state index is 1.00. The molecular formula is C33H29NS. The zero-order valence-electron chi connectivity index (χ0n) is 20.5. The van der Waals surface area contributed by atoms with E-state index in [-0.39, 0.29) is 0 Å². The Morgan fingerprint density at radius 2 is 1.49 bits per heavy atom. The number of hydrogen-bond acceptors (Lipinski definition) is 1. The van der Waals surface area contributed by atoms with E-state index < -0.39 is 0 Å². The fraction of sp³-hybridized carbons (Fsp3) is 0.0909. The first kappa shape index (κ1) is 22.9. The van der Waals surface area contributed by atoms with Gasteiger partial charge in [-0.3, -0.25) is 0 Å². The third-order valence-electron chi connectivity index (χ3n) is 6.51. The third-order valence-corrected chi connectivity index (χ3v) is 7.67. The molecule has 0 unspecified atom stereocenters. The van der Waals surface area contributed by atoms with Gasteiger partial charge in [0.25, 0.3) is 0 Å². The maximum Gasteiger partial charge on any atom is 0.0566 e. The molecule has 0 fully saturated rings. The zero-order chi connectivity index (χ0) is 24.4. The van der Waals surface area contributed by atoms with E-state index in [9.17, 15) is 0 Å². The Balaban J connectivity index is 1.64. The Bertz CT molecular complexity index is 1520. The normalized spacial score (nSPS) is 11.7. The molecule has 172 valence electrons. The Morgan fingerprint density at radius 3 is 2.20 bits per heavy atom. The van der Waals surface area contributed by atoms with Gasteiger partial charge in [0.2, 0.25) is 0 Å². The number of hydrogen-bond donors (Lipinski definition) is 0. The van der Waals surface area contributed by atoms with Crippen LogP contribution in [0.5, 0.6) is 0 Å². The van der Waals surface area contributed by atoms with E-state index in [4.69, 9.17) is 0 Å². The van der Waals surface area contributed by atoms with Crippen LogP contribution in [0.2, 0.25) is 0 Å². The van der Waals surface area contributed by atoms with Crippen LogP contribution in [0.4, 0.5) is 0 Å². The van der Waals surface area contributed by atoms with Gasteiger partial charge in [0.15, 0.2) is 0 Å². The van der Waals surface area contributed by atoms with Gasteiger partial charge in [-0.2, -0.15) is 0 Å². The van der Waals surface area contributed by atoms with E-state index in [1.165, 1.54) is 42.9 Å². The van der Waals surface area contributed by atoms with Crippen LogP contribution in [0.25, 0.3) is 43.0 Å². The molecule has 3 aromatic carbocycles. The van der Waals surface area contributed by atoms with Crippen LogP contribution in [-0.4, -0.2) is 4.57 Å². The second-order valence-corrected chi connectivity index (χ2v) is 9.84. The molecule has 5 rings (SSSR count). The molecular weight excluding hydrogens is 442 g/mol. The average molecular weight is 472 g/mol. The molecule has 5 aromatic rings. The van der Waals surface area contributed by atoms with Crippen molar-refractivity contribution in [1.82, 2.24) is 4.57 Å². The summed E-state index contributed by atoms with van der Waals surface area (Å²) in [6, 6.07) is 30.5. The van der Waals surface area contributed by atoms with Crippen LogP contribution >= 0.6 is 11.3 Å². The smallest absolute Gasteiger partial charge is 0.0566 e. The molecule has 0 aliphatic rings. The summed E-state index contributed by atoms with van der Waals surface area (Å²) in [7, 11) is 0. The van der Waals surface area contributed by atoms with Crippen molar-refractivity contribution >= 4 is 27.0 Å². The monoisotopic (exact) mass is 471 g/mol. The van der Waals surface area contributed by atoms with Crippen molar-refractivity contribution in [3.63, 3.8) is 0 Å². The van der Waals surface area contributed by atoms with E-state index in [2.05, 4.69) is 122 Å². The van der Waals surface area contributed by atoms with Crippen molar-refractivity contribution in [2.75, 3.05) is 0 Å². The van der Waals surface area contributed by atoms with E-state index in [1.807, 2.05) is 30.4 Å². The first-order chi connectivity index (χ1) is 17.1. The molecule has 0 spiro atoms. The van der Waals surface area contributed by atoms with Gasteiger partial charge >= 0.3 is 0 Å². The maximum absolute atomic E-state index is 4.43. The summed E-state index contributed by atoms with van der Waals surface area (Å²) < 4.78 is 3.69. The summed E-state index contributed by atoms with van der Waals surface area (Å²) in [6.07, 6.45) is 8.22. The number of nitrogens with zero attached hydrogens (tertiary/aromatic N) is 1. The standard InChI is InChI=1S/C33H29NS/c1-5-6-8-13-23(2)32-24(3)25(4)33(34(32)29-15-9-7-10-16-29)27-20-18-26(19-21-27)31-22-28-14-11-12-17-30(28)35-31/h5-22H,2H2,1,3-4H3/b6-5-,13-8-. The molecule has 0 aliphatic carbocycles. The van der Waals surface area contributed by atoms with Gasteiger partial charge in [-0.15, -0.1) is 11.3 Å². The fourth-order valence-corrected chi connectivity index (χ4v) is 5.71. The van der Waals surface area contributed by atoms with Gasteiger partial charge in [0, 0.05) is 15.3 Å². The molecule has 0 atom stereocenters. The van der Waals surface area contributed by atoms with E-state index in [1.54, 1.807) is 0 Å². The number of para-hydroxylation sites is 1. The molecule has 2 aromatic heterocycles. The first-order valence-electron chi connectivity index (χ1n) is 11.9. The molecule has 2 heteroatoms. The Labute approximate surface area is 212 Å². The summed E-state index contributed by atoms with van der Waals surface area (Å²) in [5.74, 6) is 0. The summed E-state index contributed by atoms with van der Waals surface area (Å²) in [4.78, 5) is 1.30. The molecule has 0 N–H and O–H groups in total. The quantitative estimate of drug-likeness (QED) is 0.217. The van der Waals surface area contributed by atoms with Gasteiger partial charge < -0.3 is 4.57 Å². The topological polar surface area (TPSA) is 4.93 Å². The number of thiophene rings is 1. The molecule has 0 radical (unpaired) electrons. The molecule has 2 heterocycles. The molecule has 0 saturated heterocycles. The minimum atomic E-state index is 1.00. The van der Waals surface area contributed by atoms with Crippen molar-refractivity contribution in [2.24, 2.45) is 0 Å². The predicted molar refractivity (Wildman–Crippen MR) is 154 cm³/mol. The highest BCUT2D eigenvalue weighted by Crippen LogP contribution is 2.39. The van der Waals surface area contributed by atoms with Crippen LogP contribution in [-0.2, 0) is 0 Å². The number of aromatic nitrogens is 1. The minimum Gasteiger partial charge on any atom is -0.309 e. The predicted octanol–water partition coefficient (Wildman–Crippen LogP) is 9.79. The van der Waals surface area contributed by atoms with E-state index >= 15 is 0 Å². The van der Waals surface area contributed by atoms with Crippen LogP contribution in [0, 0.1) is 13.8 Å². The Hall–Kier alpha value is -3.88. The molecule has 1 nitrogen and oxygen atoms in total. The van der Waals surface area contributed by atoms with Crippen molar-refractivity contribution in [3.8, 4) is 27.4 Å². The maximum atomic E-state index is 4.43. The molecule has 0 bridgehead atoms. The van der Waals surface area contributed by atoms with Crippen molar-refractivity contribution < 1.29 is 0 Å². The summed E-state index contributed by atoms with van der Waals surface area (Å²) in [6.45, 7) is 10.9. The highest BCUT2D eigenvalue weighted by Gasteiger charge is 2.21. The summed E-state index contributed by atoms with van der Waals surface area (Å²) in [5.41, 5.74) is 9.50. The average Bonchev–Trinajstić information content (AvgIpc) is 3.44. The number of benzene rings is 3. The summed E-state index contributed by atoms with van der Waals surface area (Å²) >= 11 is 1.85. The lowest BCUT2D eigenvalue weighted by atomic mass is 10.0. The summed E-state index contributed by atoms with van der Waals surface area (Å²) in [5, 5.41) is 1.30. The highest BCUT2D eigenvalue weighted by atomic mass is 32.1. The van der Waals surface area contributed by atoms with Gasteiger partial charge in [0.1, 0.15) is 0 Å². The second kappa shape index (κ2) is 9.77. The van der Waals surface area contributed by atoms with Gasteiger partial charge in [-0.05, 0) is 78.2 Å². The van der Waals surface area contributed by atoms with Crippen LogP contribution < -0.4 is 0 Å². The Morgan fingerprint density at radius 1 is 0.800 bits per heavy atom. The van der Waals surface area contributed by atoms with Crippen LogP contribution in [0.3, 0.4) is 0 Å². The van der Waals surface area contributed by atoms with E-state index in [0.717, 1.165) is 17.0 Å². The van der Waals surface area contributed by atoms with Crippen molar-refractivity contribution in [2.45, 2.75) is 20.8 Å². The van der Waals surface area contributed by atoms with Gasteiger partial charge in [0.05, 0.1) is 11.4 Å². The largest absolute Gasteiger partial charge is 0.309 e.